The number of likely N-dealkylation sites (tertiary alicyclic amines) is 2. The summed E-state index contributed by atoms with van der Waals surface area (Å²) in [6.07, 6.45) is 8.81. The largest absolute Gasteiger partial charge is 0.341 e. The Labute approximate surface area is 161 Å². The summed E-state index contributed by atoms with van der Waals surface area (Å²) in [6, 6.07) is 2.23. The van der Waals surface area contributed by atoms with Gasteiger partial charge in [0.05, 0.1) is 12.2 Å². The molecule has 0 saturated carbocycles. The van der Waals surface area contributed by atoms with Gasteiger partial charge in [0.25, 0.3) is 5.56 Å². The minimum absolute atomic E-state index is 0.0869. The van der Waals surface area contributed by atoms with Gasteiger partial charge < -0.3 is 4.90 Å². The van der Waals surface area contributed by atoms with Gasteiger partial charge in [-0.1, -0.05) is 12.8 Å². The van der Waals surface area contributed by atoms with Crippen LogP contribution in [0.25, 0.3) is 0 Å². The summed E-state index contributed by atoms with van der Waals surface area (Å²) >= 11 is 0. The zero-order valence-corrected chi connectivity index (χ0v) is 16.5. The summed E-state index contributed by atoms with van der Waals surface area (Å²) in [5.74, 6) is 1.38. The minimum Gasteiger partial charge on any atom is -0.341 e. The third kappa shape index (κ3) is 4.10. The van der Waals surface area contributed by atoms with Crippen LogP contribution in [0.1, 0.15) is 69.3 Å². The van der Waals surface area contributed by atoms with Crippen LogP contribution in [-0.4, -0.2) is 57.5 Å². The van der Waals surface area contributed by atoms with E-state index < -0.39 is 0 Å². The molecule has 4 heterocycles. The van der Waals surface area contributed by atoms with E-state index in [2.05, 4.69) is 11.8 Å². The van der Waals surface area contributed by atoms with Crippen molar-refractivity contribution in [1.82, 2.24) is 19.4 Å². The number of rotatable bonds is 3. The summed E-state index contributed by atoms with van der Waals surface area (Å²) in [4.78, 5) is 34.5. The highest BCUT2D eigenvalue weighted by molar-refractivity contribution is 5.78. The van der Waals surface area contributed by atoms with E-state index in [1.165, 1.54) is 25.7 Å². The lowest BCUT2D eigenvalue weighted by Gasteiger charge is -2.33. The van der Waals surface area contributed by atoms with Gasteiger partial charge in [-0.3, -0.25) is 19.1 Å². The van der Waals surface area contributed by atoms with Gasteiger partial charge in [-0.2, -0.15) is 0 Å². The van der Waals surface area contributed by atoms with Gasteiger partial charge in [-0.05, 0) is 45.6 Å². The maximum absolute atomic E-state index is 12.8. The number of nitrogens with zero attached hydrogens (tertiary/aromatic N) is 4. The SMILES string of the molecule is C[C@@H]1CCCCN1CC(=O)N1CC[C@@H](c2cc(=O)n3c(n2)CCCCC3)C1. The molecule has 1 aromatic heterocycles. The summed E-state index contributed by atoms with van der Waals surface area (Å²) in [7, 11) is 0. The molecule has 4 rings (SSSR count). The fourth-order valence-electron chi connectivity index (χ4n) is 4.84. The van der Waals surface area contributed by atoms with Crippen molar-refractivity contribution in [2.24, 2.45) is 0 Å². The highest BCUT2D eigenvalue weighted by atomic mass is 16.2. The fraction of sp³-hybridized carbons (Fsp3) is 0.762. The fourth-order valence-corrected chi connectivity index (χ4v) is 4.84. The van der Waals surface area contributed by atoms with Gasteiger partial charge in [0.1, 0.15) is 5.82 Å². The zero-order chi connectivity index (χ0) is 18.8. The van der Waals surface area contributed by atoms with Crippen LogP contribution in [0.4, 0.5) is 0 Å². The molecular weight excluding hydrogens is 340 g/mol. The first kappa shape index (κ1) is 18.7. The number of amides is 1. The maximum atomic E-state index is 12.8. The van der Waals surface area contributed by atoms with Crippen molar-refractivity contribution in [3.05, 3.63) is 27.9 Å². The molecule has 0 aliphatic carbocycles. The molecular formula is C21H32N4O2. The molecule has 0 radical (unpaired) electrons. The monoisotopic (exact) mass is 372 g/mol. The van der Waals surface area contributed by atoms with Crippen molar-refractivity contribution in [3.63, 3.8) is 0 Å². The predicted molar refractivity (Wildman–Crippen MR) is 105 cm³/mol. The highest BCUT2D eigenvalue weighted by Gasteiger charge is 2.31. The van der Waals surface area contributed by atoms with Gasteiger partial charge in [-0.15, -0.1) is 0 Å². The molecule has 0 aromatic carbocycles. The van der Waals surface area contributed by atoms with Gasteiger partial charge in [0, 0.05) is 44.1 Å². The van der Waals surface area contributed by atoms with E-state index in [1.54, 1.807) is 6.07 Å². The smallest absolute Gasteiger partial charge is 0.253 e. The molecule has 2 atom stereocenters. The Bertz CT molecular complexity index is 744. The molecule has 1 amide bonds. The van der Waals surface area contributed by atoms with Crippen molar-refractivity contribution in [3.8, 4) is 0 Å². The normalized spacial score (nSPS) is 26.6. The molecule has 1 aromatic rings. The summed E-state index contributed by atoms with van der Waals surface area (Å²) in [5.41, 5.74) is 0.985. The lowest BCUT2D eigenvalue weighted by molar-refractivity contribution is -0.132. The Morgan fingerprint density at radius 3 is 2.81 bits per heavy atom. The standard InChI is InChI=1S/C21H32N4O2/c1-16-7-4-6-10-23(16)15-21(27)24-12-9-17(14-24)18-13-20(26)25-11-5-2-3-8-19(25)22-18/h13,16-17H,2-12,14-15H2,1H3/t16-,17-/m1/s1. The summed E-state index contributed by atoms with van der Waals surface area (Å²) in [6.45, 7) is 6.08. The Morgan fingerprint density at radius 1 is 1.11 bits per heavy atom. The number of carbonyl (C=O) groups excluding carboxylic acids is 1. The third-order valence-electron chi connectivity index (χ3n) is 6.63. The van der Waals surface area contributed by atoms with Crippen LogP contribution in [0, 0.1) is 0 Å². The second kappa shape index (κ2) is 8.13. The molecule has 3 aliphatic rings. The van der Waals surface area contributed by atoms with Crippen molar-refractivity contribution in [1.29, 1.82) is 0 Å². The van der Waals surface area contributed by atoms with E-state index in [0.717, 1.165) is 56.8 Å². The number of carbonyl (C=O) groups is 1. The van der Waals surface area contributed by atoms with Gasteiger partial charge >= 0.3 is 0 Å². The van der Waals surface area contributed by atoms with Crippen molar-refractivity contribution < 1.29 is 4.79 Å². The van der Waals surface area contributed by atoms with E-state index in [9.17, 15) is 9.59 Å². The number of hydrogen-bond acceptors (Lipinski definition) is 4. The Morgan fingerprint density at radius 2 is 1.96 bits per heavy atom. The Balaban J connectivity index is 1.42. The Kier molecular flexibility index (Phi) is 5.62. The molecule has 27 heavy (non-hydrogen) atoms. The third-order valence-corrected chi connectivity index (χ3v) is 6.63. The van der Waals surface area contributed by atoms with E-state index in [-0.39, 0.29) is 17.4 Å². The highest BCUT2D eigenvalue weighted by Crippen LogP contribution is 2.26. The summed E-state index contributed by atoms with van der Waals surface area (Å²) < 4.78 is 1.85. The Hall–Kier alpha value is -1.69. The quantitative estimate of drug-likeness (QED) is 0.816. The number of piperidine rings is 1. The van der Waals surface area contributed by atoms with Crippen LogP contribution in [0.3, 0.4) is 0 Å². The maximum Gasteiger partial charge on any atom is 0.253 e. The van der Waals surface area contributed by atoms with Gasteiger partial charge in [-0.25, -0.2) is 4.98 Å². The zero-order valence-electron chi connectivity index (χ0n) is 16.5. The minimum atomic E-state index is 0.0869. The predicted octanol–water partition coefficient (Wildman–Crippen LogP) is 2.16. The van der Waals surface area contributed by atoms with Crippen LogP contribution >= 0.6 is 0 Å². The second-order valence-corrected chi connectivity index (χ2v) is 8.54. The van der Waals surface area contributed by atoms with Crippen LogP contribution in [0.5, 0.6) is 0 Å². The first-order valence-electron chi connectivity index (χ1n) is 10.7. The van der Waals surface area contributed by atoms with Crippen LogP contribution in [0.2, 0.25) is 0 Å². The lowest BCUT2D eigenvalue weighted by atomic mass is 10.0. The molecule has 148 valence electrons. The average molecular weight is 373 g/mol. The van der Waals surface area contributed by atoms with Crippen molar-refractivity contribution in [2.45, 2.75) is 76.8 Å². The lowest BCUT2D eigenvalue weighted by Crippen LogP contribution is -2.45. The second-order valence-electron chi connectivity index (χ2n) is 8.54. The number of fused-ring (bicyclic) bond motifs is 1. The molecule has 2 fully saturated rings. The van der Waals surface area contributed by atoms with E-state index in [4.69, 9.17) is 4.98 Å². The van der Waals surface area contributed by atoms with Crippen LogP contribution < -0.4 is 5.56 Å². The van der Waals surface area contributed by atoms with Crippen molar-refractivity contribution >= 4 is 5.91 Å². The first-order valence-corrected chi connectivity index (χ1v) is 10.7. The summed E-state index contributed by atoms with van der Waals surface area (Å²) in [5, 5.41) is 0. The molecule has 6 heteroatoms. The molecule has 6 nitrogen and oxygen atoms in total. The molecule has 0 N–H and O–H groups in total. The molecule has 0 bridgehead atoms. The van der Waals surface area contributed by atoms with Crippen LogP contribution in [0.15, 0.2) is 10.9 Å². The van der Waals surface area contributed by atoms with Gasteiger partial charge in [0.2, 0.25) is 5.91 Å². The van der Waals surface area contributed by atoms with E-state index >= 15 is 0 Å². The number of aromatic nitrogens is 2. The van der Waals surface area contributed by atoms with Crippen molar-refractivity contribution in [2.75, 3.05) is 26.2 Å². The molecule has 0 unspecified atom stereocenters. The van der Waals surface area contributed by atoms with Gasteiger partial charge in [0.15, 0.2) is 0 Å². The molecule has 3 aliphatic heterocycles. The number of hydrogen-bond donors (Lipinski definition) is 0. The molecule has 0 spiro atoms. The van der Waals surface area contributed by atoms with E-state index in [0.29, 0.717) is 19.1 Å². The molecule has 2 saturated heterocycles. The topological polar surface area (TPSA) is 58.4 Å². The first-order chi connectivity index (χ1) is 13.1. The average Bonchev–Trinajstić information content (AvgIpc) is 3.03. The van der Waals surface area contributed by atoms with Crippen LogP contribution in [-0.2, 0) is 17.8 Å². The number of aryl methyl sites for hydroxylation is 1. The van der Waals surface area contributed by atoms with E-state index in [1.807, 2.05) is 9.47 Å².